The smallest absolute Gasteiger partial charge is 0.410 e. The molecule has 1 aromatic carbocycles. The van der Waals surface area contributed by atoms with Crippen molar-refractivity contribution in [3.8, 4) is 17.0 Å². The fraction of sp³-hybridized carbons (Fsp3) is 0.355. The lowest BCUT2D eigenvalue weighted by atomic mass is 10.00. The molecule has 3 aromatic heterocycles. The van der Waals surface area contributed by atoms with E-state index in [9.17, 15) is 9.59 Å². The lowest BCUT2D eigenvalue weighted by molar-refractivity contribution is 0.0273. The molecule has 0 unspecified atom stereocenters. The number of nitrogens with zero attached hydrogens (tertiary/aromatic N) is 5. The monoisotopic (exact) mass is 554 g/mol. The third-order valence-electron chi connectivity index (χ3n) is 7.52. The molecule has 0 spiro atoms. The zero-order valence-electron chi connectivity index (χ0n) is 24.0. The fourth-order valence-corrected chi connectivity index (χ4v) is 5.55. The summed E-state index contributed by atoms with van der Waals surface area (Å²) in [4.78, 5) is 38.2. The van der Waals surface area contributed by atoms with Crippen molar-refractivity contribution in [3.63, 3.8) is 0 Å². The van der Waals surface area contributed by atoms with E-state index >= 15 is 0 Å². The first-order chi connectivity index (χ1) is 19.6. The Balaban J connectivity index is 1.39. The van der Waals surface area contributed by atoms with Crippen molar-refractivity contribution in [2.75, 3.05) is 20.2 Å². The van der Waals surface area contributed by atoms with Crippen LogP contribution in [0.2, 0.25) is 0 Å². The number of fused-ring (bicyclic) bond motifs is 2. The van der Waals surface area contributed by atoms with Crippen molar-refractivity contribution in [1.82, 2.24) is 29.5 Å². The number of aromatic amines is 1. The highest BCUT2D eigenvalue weighted by Crippen LogP contribution is 2.37. The SMILES string of the molecule is COc1ncccc1-c1cc(C(=O)N2Cc3cnn(C)c3C2)cc2cc(C3=CCCN(C(=O)OC(C)(C)C)C3)[nH]c12. The summed E-state index contributed by atoms with van der Waals surface area (Å²) in [5.41, 5.74) is 6.50. The topological polar surface area (TPSA) is 106 Å². The van der Waals surface area contributed by atoms with E-state index < -0.39 is 5.60 Å². The van der Waals surface area contributed by atoms with Crippen molar-refractivity contribution in [3.05, 3.63) is 71.3 Å². The van der Waals surface area contributed by atoms with Crippen LogP contribution in [-0.2, 0) is 24.9 Å². The van der Waals surface area contributed by atoms with Crippen molar-refractivity contribution in [2.45, 2.75) is 45.9 Å². The van der Waals surface area contributed by atoms with Gasteiger partial charge in [0.15, 0.2) is 0 Å². The van der Waals surface area contributed by atoms with Crippen molar-refractivity contribution < 1.29 is 19.1 Å². The number of amides is 2. The second-order valence-corrected chi connectivity index (χ2v) is 11.6. The largest absolute Gasteiger partial charge is 0.481 e. The van der Waals surface area contributed by atoms with Crippen LogP contribution in [0.25, 0.3) is 27.6 Å². The number of pyridine rings is 1. The lowest BCUT2D eigenvalue weighted by Crippen LogP contribution is -2.39. The Labute approximate surface area is 238 Å². The van der Waals surface area contributed by atoms with E-state index in [1.807, 2.05) is 73.9 Å². The Morgan fingerprint density at radius 2 is 1.88 bits per heavy atom. The summed E-state index contributed by atoms with van der Waals surface area (Å²) in [5, 5.41) is 5.20. The van der Waals surface area contributed by atoms with E-state index in [1.54, 1.807) is 18.2 Å². The van der Waals surface area contributed by atoms with Gasteiger partial charge >= 0.3 is 6.09 Å². The van der Waals surface area contributed by atoms with E-state index in [-0.39, 0.29) is 12.0 Å². The minimum atomic E-state index is -0.562. The molecule has 2 aliphatic rings. The molecule has 1 N–H and O–H groups in total. The minimum Gasteiger partial charge on any atom is -0.481 e. The zero-order valence-corrected chi connectivity index (χ0v) is 24.0. The first-order valence-corrected chi connectivity index (χ1v) is 13.7. The van der Waals surface area contributed by atoms with Crippen LogP contribution in [0, 0.1) is 0 Å². The van der Waals surface area contributed by atoms with E-state index in [1.165, 1.54) is 0 Å². The average molecular weight is 555 g/mol. The van der Waals surface area contributed by atoms with E-state index in [0.29, 0.717) is 37.6 Å². The van der Waals surface area contributed by atoms with Gasteiger partial charge in [-0.3, -0.25) is 9.48 Å². The highest BCUT2D eigenvalue weighted by Gasteiger charge is 2.29. The number of aromatic nitrogens is 4. The Morgan fingerprint density at radius 1 is 1.05 bits per heavy atom. The number of hydrogen-bond donors (Lipinski definition) is 1. The molecule has 0 saturated heterocycles. The fourth-order valence-electron chi connectivity index (χ4n) is 5.55. The number of rotatable bonds is 4. The number of nitrogens with one attached hydrogen (secondary N) is 1. The molecular weight excluding hydrogens is 520 g/mol. The van der Waals surface area contributed by atoms with Crippen molar-refractivity contribution in [1.29, 1.82) is 0 Å². The summed E-state index contributed by atoms with van der Waals surface area (Å²) in [5.74, 6) is 0.421. The summed E-state index contributed by atoms with van der Waals surface area (Å²) in [6, 6.07) is 9.69. The summed E-state index contributed by atoms with van der Waals surface area (Å²) >= 11 is 0. The van der Waals surface area contributed by atoms with Gasteiger partial charge in [0.05, 0.1) is 37.6 Å². The van der Waals surface area contributed by atoms with Gasteiger partial charge in [-0.15, -0.1) is 0 Å². The summed E-state index contributed by atoms with van der Waals surface area (Å²) < 4.78 is 13.0. The number of methoxy groups -OCH3 is 1. The Bertz CT molecular complexity index is 1690. The van der Waals surface area contributed by atoms with E-state index in [0.717, 1.165) is 51.0 Å². The molecule has 5 heterocycles. The predicted octanol–water partition coefficient (Wildman–Crippen LogP) is 5.15. The number of ether oxygens (including phenoxy) is 2. The molecule has 6 rings (SSSR count). The molecule has 0 atom stereocenters. The van der Waals surface area contributed by atoms with Gasteiger partial charge in [-0.05, 0) is 63.1 Å². The molecule has 0 fully saturated rings. The van der Waals surface area contributed by atoms with Crippen LogP contribution in [-0.4, -0.2) is 67.3 Å². The van der Waals surface area contributed by atoms with Gasteiger partial charge in [-0.1, -0.05) is 6.08 Å². The maximum atomic E-state index is 13.8. The molecule has 0 saturated carbocycles. The molecule has 41 heavy (non-hydrogen) atoms. The summed E-state index contributed by atoms with van der Waals surface area (Å²) in [7, 11) is 3.49. The van der Waals surface area contributed by atoms with Crippen LogP contribution in [0.4, 0.5) is 4.79 Å². The summed E-state index contributed by atoms with van der Waals surface area (Å²) in [6.45, 7) is 7.68. The molecule has 2 aliphatic heterocycles. The zero-order chi connectivity index (χ0) is 28.9. The minimum absolute atomic E-state index is 0.0528. The van der Waals surface area contributed by atoms with E-state index in [2.05, 4.69) is 21.1 Å². The van der Waals surface area contributed by atoms with Crippen LogP contribution in [0.3, 0.4) is 0 Å². The molecule has 10 nitrogen and oxygen atoms in total. The highest BCUT2D eigenvalue weighted by molar-refractivity contribution is 6.05. The van der Waals surface area contributed by atoms with Crippen molar-refractivity contribution >= 4 is 28.5 Å². The number of aryl methyl sites for hydroxylation is 1. The molecule has 10 heteroatoms. The normalized spacial score (nSPS) is 15.2. The maximum absolute atomic E-state index is 13.8. The number of H-pyrrole nitrogens is 1. The molecule has 212 valence electrons. The van der Waals surface area contributed by atoms with Crippen LogP contribution >= 0.6 is 0 Å². The van der Waals surface area contributed by atoms with Gasteiger partial charge < -0.3 is 24.3 Å². The number of carbonyl (C=O) groups is 2. The predicted molar refractivity (Wildman–Crippen MR) is 155 cm³/mol. The summed E-state index contributed by atoms with van der Waals surface area (Å²) in [6.07, 6.45) is 6.06. The van der Waals surface area contributed by atoms with Gasteiger partial charge in [0.25, 0.3) is 5.91 Å². The molecule has 4 aromatic rings. The quantitative estimate of drug-likeness (QED) is 0.374. The molecule has 0 radical (unpaired) electrons. The second kappa shape index (κ2) is 10.1. The lowest BCUT2D eigenvalue weighted by Gasteiger charge is -2.30. The third kappa shape index (κ3) is 5.05. The maximum Gasteiger partial charge on any atom is 0.410 e. The second-order valence-electron chi connectivity index (χ2n) is 11.6. The number of hydrogen-bond acceptors (Lipinski definition) is 6. The van der Waals surface area contributed by atoms with Crippen LogP contribution in [0.5, 0.6) is 5.88 Å². The number of carbonyl (C=O) groups excluding carboxylic acids is 2. The number of benzene rings is 1. The van der Waals surface area contributed by atoms with Gasteiger partial charge in [0.1, 0.15) is 5.60 Å². The van der Waals surface area contributed by atoms with Crippen molar-refractivity contribution in [2.24, 2.45) is 7.05 Å². The molecular formula is C31H34N6O4. The Hall–Kier alpha value is -4.60. The Kier molecular flexibility index (Phi) is 6.56. The standard InChI is InChI=1S/C31H34N6O4/c1-31(2,3)41-30(39)36-11-7-8-19(16-36)25-14-20-12-21(29(38)37-17-22-15-33-35(4)26(22)18-37)13-24(27(20)34-25)23-9-6-10-32-28(23)40-5/h6,8-10,12-15,34H,7,11,16-18H2,1-5H3. The van der Waals surface area contributed by atoms with Crippen LogP contribution in [0.15, 0.2) is 48.8 Å². The van der Waals surface area contributed by atoms with Gasteiger partial charge in [-0.2, -0.15) is 5.10 Å². The molecule has 0 aliphatic carbocycles. The first-order valence-electron chi connectivity index (χ1n) is 13.7. The van der Waals surface area contributed by atoms with Crippen LogP contribution < -0.4 is 4.74 Å². The molecule has 0 bridgehead atoms. The van der Waals surface area contributed by atoms with Gasteiger partial charge in [-0.25, -0.2) is 9.78 Å². The average Bonchev–Trinajstić information content (AvgIpc) is 3.67. The van der Waals surface area contributed by atoms with Gasteiger partial charge in [0, 0.05) is 59.7 Å². The highest BCUT2D eigenvalue weighted by atomic mass is 16.6. The molecule has 2 amide bonds. The third-order valence-corrected chi connectivity index (χ3v) is 7.52. The Morgan fingerprint density at radius 3 is 2.63 bits per heavy atom. The van der Waals surface area contributed by atoms with Gasteiger partial charge in [0.2, 0.25) is 5.88 Å². The first kappa shape index (κ1) is 26.6. The van der Waals surface area contributed by atoms with E-state index in [4.69, 9.17) is 9.47 Å². The van der Waals surface area contributed by atoms with Crippen LogP contribution in [0.1, 0.15) is 54.5 Å².